The highest BCUT2D eigenvalue weighted by atomic mass is 16.3. The Morgan fingerprint density at radius 2 is 2.12 bits per heavy atom. The molecule has 2 aromatic rings. The first-order valence-electron chi connectivity index (χ1n) is 9.10. The third-order valence-corrected chi connectivity index (χ3v) is 4.88. The molecule has 1 N–H and O–H groups in total. The number of carbonyl (C=O) groups is 1. The molecule has 0 saturated heterocycles. The standard InChI is InChI=1S/C20H27N3O2/c1-4-15(3)23(11-16-8-6-5-7-14(16)2)12-19-22-18(13-25-19)20(24)21-17-9-10-17/h5-8,13,15,17H,4,9-12H2,1-3H3,(H,21,24). The van der Waals surface area contributed by atoms with Crippen molar-refractivity contribution in [2.75, 3.05) is 0 Å². The molecule has 1 aliphatic carbocycles. The van der Waals surface area contributed by atoms with Crippen LogP contribution in [0.2, 0.25) is 0 Å². The van der Waals surface area contributed by atoms with Crippen molar-refractivity contribution in [3.05, 3.63) is 53.2 Å². The van der Waals surface area contributed by atoms with E-state index >= 15 is 0 Å². The van der Waals surface area contributed by atoms with Crippen molar-refractivity contribution in [3.8, 4) is 0 Å². The number of rotatable bonds is 8. The minimum atomic E-state index is -0.133. The third kappa shape index (κ3) is 4.69. The van der Waals surface area contributed by atoms with Crippen LogP contribution in [-0.4, -0.2) is 27.9 Å². The van der Waals surface area contributed by atoms with Gasteiger partial charge in [0.1, 0.15) is 6.26 Å². The van der Waals surface area contributed by atoms with Gasteiger partial charge in [-0.05, 0) is 44.2 Å². The van der Waals surface area contributed by atoms with Crippen molar-refractivity contribution in [2.45, 2.75) is 65.2 Å². The molecule has 1 amide bonds. The van der Waals surface area contributed by atoms with Gasteiger partial charge in [-0.25, -0.2) is 4.98 Å². The van der Waals surface area contributed by atoms with Gasteiger partial charge in [0, 0.05) is 18.6 Å². The zero-order valence-electron chi connectivity index (χ0n) is 15.3. The summed E-state index contributed by atoms with van der Waals surface area (Å²) < 4.78 is 5.57. The van der Waals surface area contributed by atoms with Crippen molar-refractivity contribution in [1.82, 2.24) is 15.2 Å². The van der Waals surface area contributed by atoms with Crippen LogP contribution < -0.4 is 5.32 Å². The molecule has 0 radical (unpaired) electrons. The van der Waals surface area contributed by atoms with Gasteiger partial charge < -0.3 is 9.73 Å². The summed E-state index contributed by atoms with van der Waals surface area (Å²) in [6.07, 6.45) is 4.64. The lowest BCUT2D eigenvalue weighted by Crippen LogP contribution is -2.32. The van der Waals surface area contributed by atoms with Crippen molar-refractivity contribution < 1.29 is 9.21 Å². The Morgan fingerprint density at radius 1 is 1.36 bits per heavy atom. The molecular weight excluding hydrogens is 314 g/mol. The summed E-state index contributed by atoms with van der Waals surface area (Å²) in [6.45, 7) is 7.96. The predicted octanol–water partition coefficient (Wildman–Crippen LogP) is 3.68. The van der Waals surface area contributed by atoms with Gasteiger partial charge in [0.2, 0.25) is 5.89 Å². The van der Waals surface area contributed by atoms with E-state index in [0.29, 0.717) is 30.2 Å². The highest BCUT2D eigenvalue weighted by Gasteiger charge is 2.25. The Hall–Kier alpha value is -2.14. The second-order valence-electron chi connectivity index (χ2n) is 6.96. The zero-order chi connectivity index (χ0) is 17.8. The van der Waals surface area contributed by atoms with E-state index < -0.39 is 0 Å². The fraction of sp³-hybridized carbons (Fsp3) is 0.500. The first kappa shape index (κ1) is 17.7. The highest BCUT2D eigenvalue weighted by Crippen LogP contribution is 2.20. The molecule has 1 fully saturated rings. The van der Waals surface area contributed by atoms with Crippen LogP contribution in [-0.2, 0) is 13.1 Å². The fourth-order valence-electron chi connectivity index (χ4n) is 2.78. The van der Waals surface area contributed by atoms with Crippen molar-refractivity contribution in [3.63, 3.8) is 0 Å². The molecule has 1 atom stereocenters. The van der Waals surface area contributed by atoms with Crippen LogP contribution in [0.1, 0.15) is 60.6 Å². The summed E-state index contributed by atoms with van der Waals surface area (Å²) in [5.74, 6) is 0.460. The molecular formula is C20H27N3O2. The number of carbonyl (C=O) groups excluding carboxylic acids is 1. The molecule has 1 saturated carbocycles. The Balaban J connectivity index is 1.68. The molecule has 0 bridgehead atoms. The number of nitrogens with zero attached hydrogens (tertiary/aromatic N) is 2. The number of nitrogens with one attached hydrogen (secondary N) is 1. The molecule has 5 heteroatoms. The number of aromatic nitrogens is 1. The summed E-state index contributed by atoms with van der Waals surface area (Å²) in [7, 11) is 0. The number of hydrogen-bond acceptors (Lipinski definition) is 4. The van der Waals surface area contributed by atoms with Crippen LogP contribution >= 0.6 is 0 Å². The minimum absolute atomic E-state index is 0.133. The maximum Gasteiger partial charge on any atom is 0.273 e. The van der Waals surface area contributed by atoms with E-state index in [1.807, 2.05) is 0 Å². The average Bonchev–Trinajstić information content (AvgIpc) is 3.30. The molecule has 25 heavy (non-hydrogen) atoms. The number of amides is 1. The van der Waals surface area contributed by atoms with E-state index in [1.54, 1.807) is 0 Å². The Labute approximate surface area is 149 Å². The van der Waals surface area contributed by atoms with Gasteiger partial charge in [-0.15, -0.1) is 0 Å². The van der Waals surface area contributed by atoms with Crippen LogP contribution in [0.25, 0.3) is 0 Å². The van der Waals surface area contributed by atoms with E-state index in [0.717, 1.165) is 25.8 Å². The van der Waals surface area contributed by atoms with Crippen LogP contribution in [0, 0.1) is 6.92 Å². The maximum atomic E-state index is 12.1. The van der Waals surface area contributed by atoms with Crippen LogP contribution in [0.15, 0.2) is 34.9 Å². The lowest BCUT2D eigenvalue weighted by Gasteiger charge is -2.27. The lowest BCUT2D eigenvalue weighted by molar-refractivity contribution is 0.0946. The quantitative estimate of drug-likeness (QED) is 0.796. The largest absolute Gasteiger partial charge is 0.447 e. The summed E-state index contributed by atoms with van der Waals surface area (Å²) in [4.78, 5) is 18.8. The van der Waals surface area contributed by atoms with Crippen LogP contribution in [0.5, 0.6) is 0 Å². The molecule has 1 aromatic heterocycles. The molecule has 1 unspecified atom stereocenters. The smallest absolute Gasteiger partial charge is 0.273 e. The summed E-state index contributed by atoms with van der Waals surface area (Å²) in [5, 5.41) is 2.94. The Bertz CT molecular complexity index is 721. The highest BCUT2D eigenvalue weighted by molar-refractivity contribution is 5.92. The van der Waals surface area contributed by atoms with E-state index in [-0.39, 0.29) is 5.91 Å². The van der Waals surface area contributed by atoms with E-state index in [4.69, 9.17) is 4.42 Å². The molecule has 3 rings (SSSR count). The van der Waals surface area contributed by atoms with E-state index in [2.05, 4.69) is 60.2 Å². The lowest BCUT2D eigenvalue weighted by atomic mass is 10.1. The SMILES string of the molecule is CCC(C)N(Cc1nc(C(=O)NC2CC2)co1)Cc1ccccc1C. The van der Waals surface area contributed by atoms with E-state index in [1.165, 1.54) is 17.4 Å². The van der Waals surface area contributed by atoms with Gasteiger partial charge in [-0.3, -0.25) is 9.69 Å². The monoisotopic (exact) mass is 341 g/mol. The first-order valence-corrected chi connectivity index (χ1v) is 9.10. The van der Waals surface area contributed by atoms with Gasteiger partial charge >= 0.3 is 0 Å². The van der Waals surface area contributed by atoms with Gasteiger partial charge in [-0.2, -0.15) is 0 Å². The van der Waals surface area contributed by atoms with Crippen molar-refractivity contribution in [2.24, 2.45) is 0 Å². The Morgan fingerprint density at radius 3 is 2.80 bits per heavy atom. The van der Waals surface area contributed by atoms with Crippen molar-refractivity contribution in [1.29, 1.82) is 0 Å². The first-order chi connectivity index (χ1) is 12.1. The second kappa shape index (κ2) is 7.83. The summed E-state index contributed by atoms with van der Waals surface area (Å²) in [6, 6.07) is 9.15. The molecule has 1 heterocycles. The molecule has 1 aliphatic rings. The fourth-order valence-corrected chi connectivity index (χ4v) is 2.78. The normalized spacial score (nSPS) is 15.4. The maximum absolute atomic E-state index is 12.1. The second-order valence-corrected chi connectivity index (χ2v) is 6.96. The van der Waals surface area contributed by atoms with Gasteiger partial charge in [0.15, 0.2) is 5.69 Å². The molecule has 134 valence electrons. The minimum Gasteiger partial charge on any atom is -0.447 e. The average molecular weight is 341 g/mol. The van der Waals surface area contributed by atoms with Gasteiger partial charge in [0.25, 0.3) is 5.91 Å². The molecule has 5 nitrogen and oxygen atoms in total. The van der Waals surface area contributed by atoms with Crippen LogP contribution in [0.4, 0.5) is 0 Å². The number of oxazole rings is 1. The summed E-state index contributed by atoms with van der Waals surface area (Å²) >= 11 is 0. The number of aryl methyl sites for hydroxylation is 1. The van der Waals surface area contributed by atoms with Gasteiger partial charge in [-0.1, -0.05) is 31.2 Å². The zero-order valence-corrected chi connectivity index (χ0v) is 15.3. The number of benzene rings is 1. The summed E-state index contributed by atoms with van der Waals surface area (Å²) in [5.41, 5.74) is 2.97. The molecule has 0 spiro atoms. The van der Waals surface area contributed by atoms with E-state index in [9.17, 15) is 4.79 Å². The Kier molecular flexibility index (Phi) is 5.53. The molecule has 0 aliphatic heterocycles. The van der Waals surface area contributed by atoms with Crippen molar-refractivity contribution >= 4 is 5.91 Å². The molecule has 1 aromatic carbocycles. The van der Waals surface area contributed by atoms with Crippen LogP contribution in [0.3, 0.4) is 0 Å². The topological polar surface area (TPSA) is 58.4 Å². The predicted molar refractivity (Wildman–Crippen MR) is 97.2 cm³/mol. The van der Waals surface area contributed by atoms with Gasteiger partial charge in [0.05, 0.1) is 6.54 Å². The number of hydrogen-bond donors (Lipinski definition) is 1. The third-order valence-electron chi connectivity index (χ3n) is 4.88.